The van der Waals surface area contributed by atoms with E-state index in [2.05, 4.69) is 21.2 Å². The number of aliphatic hydroxyl groups excluding tert-OH is 2. The number of carbonyl (C=O) groups is 4. The molecule has 0 heterocycles. The van der Waals surface area contributed by atoms with Crippen LogP contribution in [0, 0.1) is 17.8 Å². The normalized spacial score (nSPS) is 27.9. The number of ketones is 2. The number of hydrogen-bond donors (Lipinski definition) is 6. The van der Waals surface area contributed by atoms with Gasteiger partial charge in [0.2, 0.25) is 11.7 Å². The lowest BCUT2D eigenvalue weighted by Gasteiger charge is -2.55. The molecule has 0 aliphatic heterocycles. The minimum Gasteiger partial charge on any atom is -0.510 e. The Balaban J connectivity index is 1.57. The summed E-state index contributed by atoms with van der Waals surface area (Å²) in [5.74, 6) is -7.75. The highest BCUT2D eigenvalue weighted by molar-refractivity contribution is 9.10. The SMILES string of the molecule is CN(C)c1cc(NC(=O)Cc2ccc(Br)cc2)c(O)c2c1CC1CC3[C@H](N(C)C)C(O)=C(C(N)=O)C(=O)[C@@]3(O)C(O)C1C2=O. The maximum absolute atomic E-state index is 14.2. The van der Waals surface area contributed by atoms with Crippen LogP contribution in [-0.2, 0) is 27.2 Å². The summed E-state index contributed by atoms with van der Waals surface area (Å²) >= 11 is 3.35. The number of hydrogen-bond acceptors (Lipinski definition) is 10. The Bertz CT molecular complexity index is 1600. The van der Waals surface area contributed by atoms with Crippen LogP contribution in [0.2, 0.25) is 0 Å². The Morgan fingerprint density at radius 2 is 1.75 bits per heavy atom. The molecule has 0 radical (unpaired) electrons. The molecule has 3 aliphatic rings. The highest BCUT2D eigenvalue weighted by atomic mass is 79.9. The zero-order chi connectivity index (χ0) is 32.4. The van der Waals surface area contributed by atoms with Gasteiger partial charge in [-0.1, -0.05) is 28.1 Å². The standard InChI is InChI=1S/C31H35BrN4O8/c1-35(2)19-12-18(34-20(37)9-13-5-7-15(32)8-6-13)25(38)22-16(19)10-14-11-17-24(36(3)4)27(40)23(30(33)43)29(42)31(17,44)28(41)21(14)26(22)39/h5-8,12,14,17,21,24,28,38,40-41,44H,9-11H2,1-4H3,(H2,33,43)(H,34,37)/t14?,17?,21?,24-,28?,31-/m0/s1. The van der Waals surface area contributed by atoms with Crippen molar-refractivity contribution in [3.05, 3.63) is 62.8 Å². The maximum atomic E-state index is 14.2. The number of likely N-dealkylation sites (N-methyl/N-ethyl adjacent to an activating group) is 1. The van der Waals surface area contributed by atoms with Crippen LogP contribution in [0.4, 0.5) is 11.4 Å². The van der Waals surface area contributed by atoms with Gasteiger partial charge in [0.15, 0.2) is 11.4 Å². The second kappa shape index (κ2) is 11.3. The number of fused-ring (bicyclic) bond motifs is 3. The molecule has 1 fully saturated rings. The number of rotatable bonds is 6. The summed E-state index contributed by atoms with van der Waals surface area (Å²) in [4.78, 5) is 56.2. The summed E-state index contributed by atoms with van der Waals surface area (Å²) in [6.45, 7) is 0. The molecule has 44 heavy (non-hydrogen) atoms. The molecule has 7 N–H and O–H groups in total. The average molecular weight is 672 g/mol. The van der Waals surface area contributed by atoms with Crippen LogP contribution in [0.25, 0.3) is 0 Å². The van der Waals surface area contributed by atoms with E-state index in [1.807, 2.05) is 0 Å². The van der Waals surface area contributed by atoms with Crippen molar-refractivity contribution in [3.63, 3.8) is 0 Å². The van der Waals surface area contributed by atoms with E-state index >= 15 is 0 Å². The fourth-order valence-corrected chi connectivity index (χ4v) is 7.48. The molecule has 3 aliphatic carbocycles. The van der Waals surface area contributed by atoms with Crippen LogP contribution in [0.15, 0.2) is 46.1 Å². The molecule has 0 saturated heterocycles. The largest absolute Gasteiger partial charge is 0.510 e. The second-order valence-electron chi connectivity index (χ2n) is 12.2. The second-order valence-corrected chi connectivity index (χ2v) is 13.1. The molecular formula is C31H35BrN4O8. The van der Waals surface area contributed by atoms with Crippen molar-refractivity contribution in [3.8, 4) is 5.75 Å². The van der Waals surface area contributed by atoms with Crippen molar-refractivity contribution < 1.29 is 39.6 Å². The van der Waals surface area contributed by atoms with Crippen molar-refractivity contribution in [2.75, 3.05) is 38.4 Å². The summed E-state index contributed by atoms with van der Waals surface area (Å²) in [6, 6.07) is 7.69. The van der Waals surface area contributed by atoms with E-state index in [1.54, 1.807) is 63.4 Å². The zero-order valence-electron chi connectivity index (χ0n) is 24.7. The lowest BCUT2D eigenvalue weighted by Crippen LogP contribution is -2.71. The predicted octanol–water partition coefficient (Wildman–Crippen LogP) is 1.30. The van der Waals surface area contributed by atoms with Crippen molar-refractivity contribution in [2.45, 2.75) is 37.0 Å². The number of carbonyl (C=O) groups excluding carboxylic acids is 4. The number of primary amides is 1. The van der Waals surface area contributed by atoms with Gasteiger partial charge in [-0.15, -0.1) is 0 Å². The Morgan fingerprint density at radius 1 is 1.11 bits per heavy atom. The summed E-state index contributed by atoms with van der Waals surface area (Å²) in [5.41, 5.74) is 3.61. The molecule has 2 amide bonds. The Morgan fingerprint density at radius 3 is 2.32 bits per heavy atom. The van der Waals surface area contributed by atoms with Crippen LogP contribution >= 0.6 is 15.9 Å². The molecule has 0 bridgehead atoms. The molecule has 5 rings (SSSR count). The minimum absolute atomic E-state index is 0.00456. The fraction of sp³-hybridized carbons (Fsp3) is 0.419. The molecule has 0 aromatic heterocycles. The van der Waals surface area contributed by atoms with E-state index in [4.69, 9.17) is 5.73 Å². The molecule has 4 unspecified atom stereocenters. The Labute approximate surface area is 262 Å². The third-order valence-corrected chi connectivity index (χ3v) is 9.69. The van der Waals surface area contributed by atoms with Crippen LogP contribution in [0.3, 0.4) is 0 Å². The smallest absolute Gasteiger partial charge is 0.255 e. The van der Waals surface area contributed by atoms with Crippen LogP contribution in [0.5, 0.6) is 5.75 Å². The number of halogens is 1. The van der Waals surface area contributed by atoms with Gasteiger partial charge in [-0.05, 0) is 62.2 Å². The van der Waals surface area contributed by atoms with Gasteiger partial charge in [0.1, 0.15) is 23.2 Å². The van der Waals surface area contributed by atoms with Gasteiger partial charge in [0.25, 0.3) is 5.91 Å². The van der Waals surface area contributed by atoms with Gasteiger partial charge in [-0.25, -0.2) is 0 Å². The number of phenolic OH excluding ortho intramolecular Hbond substituents is 1. The minimum atomic E-state index is -2.61. The van der Waals surface area contributed by atoms with Gasteiger partial charge < -0.3 is 36.4 Å². The molecule has 2 aromatic rings. The molecular weight excluding hydrogens is 636 g/mol. The first-order valence-electron chi connectivity index (χ1n) is 14.1. The molecule has 0 spiro atoms. The number of anilines is 2. The Hall–Kier alpha value is -3.78. The first-order valence-corrected chi connectivity index (χ1v) is 14.9. The van der Waals surface area contributed by atoms with E-state index in [0.717, 1.165) is 10.0 Å². The number of amides is 2. The van der Waals surface area contributed by atoms with Crippen molar-refractivity contribution in [1.82, 2.24) is 4.90 Å². The van der Waals surface area contributed by atoms with Gasteiger partial charge in [-0.2, -0.15) is 0 Å². The van der Waals surface area contributed by atoms with Crippen LogP contribution in [0.1, 0.15) is 27.9 Å². The van der Waals surface area contributed by atoms with Gasteiger partial charge in [0.05, 0.1) is 29.6 Å². The predicted molar refractivity (Wildman–Crippen MR) is 164 cm³/mol. The number of phenols is 1. The number of aromatic hydroxyl groups is 1. The quantitative estimate of drug-likeness (QED) is 0.193. The summed E-state index contributed by atoms with van der Waals surface area (Å²) in [7, 11) is 6.68. The maximum Gasteiger partial charge on any atom is 0.255 e. The van der Waals surface area contributed by atoms with E-state index in [1.165, 1.54) is 4.90 Å². The third kappa shape index (κ3) is 4.87. The fourth-order valence-electron chi connectivity index (χ4n) is 7.22. The first kappa shape index (κ1) is 31.6. The van der Waals surface area contributed by atoms with E-state index in [-0.39, 0.29) is 30.5 Å². The lowest BCUT2D eigenvalue weighted by molar-refractivity contribution is -0.190. The molecule has 6 atom stereocenters. The highest BCUT2D eigenvalue weighted by Crippen LogP contribution is 2.54. The van der Waals surface area contributed by atoms with E-state index in [9.17, 15) is 39.6 Å². The lowest BCUT2D eigenvalue weighted by atomic mass is 9.53. The number of benzene rings is 2. The molecule has 2 aromatic carbocycles. The van der Waals surface area contributed by atoms with Crippen LogP contribution in [-0.4, -0.2) is 94.6 Å². The van der Waals surface area contributed by atoms with E-state index in [0.29, 0.717) is 11.3 Å². The van der Waals surface area contributed by atoms with Crippen LogP contribution < -0.4 is 16.0 Å². The number of nitrogens with two attached hydrogens (primary N) is 1. The number of Topliss-reactive ketones (excluding diaryl/α,β-unsaturated/α-hetero) is 2. The molecule has 1 saturated carbocycles. The number of aliphatic hydroxyl groups is 3. The van der Waals surface area contributed by atoms with Gasteiger partial charge in [0, 0.05) is 30.2 Å². The highest BCUT2D eigenvalue weighted by Gasteiger charge is 2.66. The van der Waals surface area contributed by atoms with Crippen molar-refractivity contribution >= 4 is 50.7 Å². The Kier molecular flexibility index (Phi) is 8.12. The van der Waals surface area contributed by atoms with Crippen molar-refractivity contribution in [1.29, 1.82) is 0 Å². The monoisotopic (exact) mass is 670 g/mol. The van der Waals surface area contributed by atoms with E-state index < -0.39 is 76.0 Å². The molecule has 12 nitrogen and oxygen atoms in total. The topological polar surface area (TPSA) is 194 Å². The summed E-state index contributed by atoms with van der Waals surface area (Å²) in [5, 5.41) is 48.5. The summed E-state index contributed by atoms with van der Waals surface area (Å²) in [6.07, 6.45) is -1.76. The van der Waals surface area contributed by atoms with Gasteiger partial charge >= 0.3 is 0 Å². The first-order chi connectivity index (χ1) is 20.6. The number of nitrogens with zero attached hydrogens (tertiary/aromatic N) is 2. The van der Waals surface area contributed by atoms with Gasteiger partial charge in [-0.3, -0.25) is 24.1 Å². The number of nitrogens with one attached hydrogen (secondary N) is 1. The van der Waals surface area contributed by atoms with Crippen molar-refractivity contribution in [2.24, 2.45) is 23.5 Å². The summed E-state index contributed by atoms with van der Waals surface area (Å²) < 4.78 is 0.855. The average Bonchev–Trinajstić information content (AvgIpc) is 2.93. The molecule has 234 valence electrons. The molecule has 13 heteroatoms. The third-order valence-electron chi connectivity index (χ3n) is 9.17. The zero-order valence-corrected chi connectivity index (χ0v) is 26.3.